The summed E-state index contributed by atoms with van der Waals surface area (Å²) in [5.41, 5.74) is 5.05. The van der Waals surface area contributed by atoms with Crippen LogP contribution in [0.1, 0.15) is 39.2 Å². The van der Waals surface area contributed by atoms with Crippen LogP contribution in [0.5, 0.6) is 0 Å². The number of carbonyl (C=O) groups is 1. The van der Waals surface area contributed by atoms with Crippen LogP contribution >= 0.6 is 0 Å². The van der Waals surface area contributed by atoms with Crippen molar-refractivity contribution < 1.29 is 19.0 Å². The highest BCUT2D eigenvalue weighted by molar-refractivity contribution is 6.76. The van der Waals surface area contributed by atoms with Gasteiger partial charge in [0.2, 0.25) is 0 Å². The molecule has 1 amide bonds. The molecule has 1 saturated heterocycles. The summed E-state index contributed by atoms with van der Waals surface area (Å²) < 4.78 is 20.6. The number of piperidine rings is 1. The maximum atomic E-state index is 13.0. The number of benzene rings is 1. The molecule has 2 aliphatic heterocycles. The number of nitrogens with zero attached hydrogens (tertiary/aromatic N) is 7. The van der Waals surface area contributed by atoms with E-state index in [0.29, 0.717) is 39.8 Å². The third-order valence-corrected chi connectivity index (χ3v) is 13.4. The molecule has 0 unspecified atom stereocenters. The average molecular weight is 784 g/mol. The summed E-state index contributed by atoms with van der Waals surface area (Å²) in [7, 11) is -2.59. The van der Waals surface area contributed by atoms with Crippen molar-refractivity contribution in [3.63, 3.8) is 0 Å². The van der Waals surface area contributed by atoms with Crippen molar-refractivity contribution in [3.05, 3.63) is 66.5 Å². The summed E-state index contributed by atoms with van der Waals surface area (Å²) in [4.78, 5) is 29.7. The van der Waals surface area contributed by atoms with Crippen molar-refractivity contribution >= 4 is 45.6 Å². The molecule has 0 atom stereocenters. The highest BCUT2D eigenvalue weighted by Gasteiger charge is 2.34. The number of rotatable bonds is 14. The predicted octanol–water partition coefficient (Wildman–Crippen LogP) is 9.12. The van der Waals surface area contributed by atoms with E-state index < -0.39 is 21.7 Å². The van der Waals surface area contributed by atoms with E-state index in [-0.39, 0.29) is 12.1 Å². The minimum Gasteiger partial charge on any atom is -0.444 e. The number of hydrogen-bond donors (Lipinski definition) is 0. The highest BCUT2D eigenvalue weighted by Crippen LogP contribution is 2.39. The summed E-state index contributed by atoms with van der Waals surface area (Å²) >= 11 is 0. The lowest BCUT2D eigenvalue weighted by Crippen LogP contribution is -2.49. The normalized spacial score (nSPS) is 15.4. The van der Waals surface area contributed by atoms with Gasteiger partial charge < -0.3 is 28.9 Å². The first kappa shape index (κ1) is 40.6. The molecule has 13 heteroatoms. The van der Waals surface area contributed by atoms with Crippen LogP contribution < -0.4 is 9.80 Å². The second-order valence-corrected chi connectivity index (χ2v) is 29.5. The van der Waals surface area contributed by atoms with Crippen LogP contribution in [0.15, 0.2) is 60.9 Å². The minimum absolute atomic E-state index is 0.192. The van der Waals surface area contributed by atoms with E-state index >= 15 is 0 Å². The van der Waals surface area contributed by atoms with E-state index in [1.54, 1.807) is 0 Å². The third-order valence-electron chi connectivity index (χ3n) is 9.98. The lowest BCUT2D eigenvalue weighted by atomic mass is 10.0. The van der Waals surface area contributed by atoms with E-state index in [9.17, 15) is 4.79 Å². The summed E-state index contributed by atoms with van der Waals surface area (Å²) in [5.74, 6) is 1.80. The summed E-state index contributed by atoms with van der Waals surface area (Å²) in [6.07, 6.45) is 9.59. The Hall–Kier alpha value is -4.05. The number of pyridine rings is 1. The molecule has 0 radical (unpaired) electrons. The van der Waals surface area contributed by atoms with Gasteiger partial charge in [-0.25, -0.2) is 9.78 Å². The number of ether oxygens (including phenoxy) is 3. The van der Waals surface area contributed by atoms with Gasteiger partial charge in [0.1, 0.15) is 30.7 Å². The second-order valence-electron chi connectivity index (χ2n) is 18.3. The maximum Gasteiger partial charge on any atom is 0.410 e. The number of hydrogen-bond acceptors (Lipinski definition) is 9. The predicted molar refractivity (Wildman–Crippen MR) is 229 cm³/mol. The van der Waals surface area contributed by atoms with Gasteiger partial charge in [0.15, 0.2) is 5.65 Å². The van der Waals surface area contributed by atoms with Crippen LogP contribution in [0.25, 0.3) is 34.1 Å². The van der Waals surface area contributed by atoms with Gasteiger partial charge >= 0.3 is 6.09 Å². The van der Waals surface area contributed by atoms with Crippen molar-refractivity contribution in [1.82, 2.24) is 24.5 Å². The largest absolute Gasteiger partial charge is 0.444 e. The first-order valence-corrected chi connectivity index (χ1v) is 27.2. The fraction of sp³-hybridized carbons (Fsp3) is 0.524. The average Bonchev–Trinajstić information content (AvgIpc) is 3.56. The minimum atomic E-state index is -1.29. The summed E-state index contributed by atoms with van der Waals surface area (Å²) in [6, 6.07) is 16.7. The zero-order valence-corrected chi connectivity index (χ0v) is 36.5. The van der Waals surface area contributed by atoms with Gasteiger partial charge in [-0.1, -0.05) is 81.8 Å². The number of carbonyl (C=O) groups excluding carboxylic acids is 1. The zero-order chi connectivity index (χ0) is 39.4. The van der Waals surface area contributed by atoms with Gasteiger partial charge in [0.05, 0.1) is 17.5 Å². The molecule has 296 valence electrons. The molecular weight excluding hydrogens is 723 g/mol. The molecule has 11 nitrogen and oxygen atoms in total. The van der Waals surface area contributed by atoms with Gasteiger partial charge in [-0.2, -0.15) is 9.61 Å². The second kappa shape index (κ2) is 17.0. The Morgan fingerprint density at radius 3 is 2.11 bits per heavy atom. The van der Waals surface area contributed by atoms with E-state index in [4.69, 9.17) is 29.3 Å². The van der Waals surface area contributed by atoms with Crippen LogP contribution in [0.4, 0.5) is 16.4 Å². The monoisotopic (exact) mass is 783 g/mol. The highest BCUT2D eigenvalue weighted by atomic mass is 28.3. The number of anilines is 2. The molecule has 0 saturated carbocycles. The smallest absolute Gasteiger partial charge is 0.410 e. The molecule has 3 aromatic heterocycles. The Morgan fingerprint density at radius 1 is 0.873 bits per heavy atom. The van der Waals surface area contributed by atoms with E-state index in [2.05, 4.69) is 85.5 Å². The van der Waals surface area contributed by atoms with E-state index in [1.807, 2.05) is 60.8 Å². The molecule has 0 bridgehead atoms. The first-order chi connectivity index (χ1) is 26.1. The molecule has 55 heavy (non-hydrogen) atoms. The van der Waals surface area contributed by atoms with E-state index in [1.165, 1.54) is 0 Å². The van der Waals surface area contributed by atoms with Gasteiger partial charge in [0.25, 0.3) is 0 Å². The van der Waals surface area contributed by atoms with Crippen molar-refractivity contribution in [1.29, 1.82) is 0 Å². The number of amides is 1. The molecule has 5 heterocycles. The molecule has 1 aromatic carbocycles. The molecule has 6 rings (SSSR count). The van der Waals surface area contributed by atoms with Crippen molar-refractivity contribution in [3.8, 4) is 22.4 Å². The molecule has 0 N–H and O–H groups in total. The van der Waals surface area contributed by atoms with Gasteiger partial charge in [-0.15, -0.1) is 0 Å². The Labute approximate surface area is 329 Å². The molecular formula is C42H61N7O4Si2. The topological polar surface area (TPSA) is 97.6 Å². The Balaban J connectivity index is 1.39. The number of likely N-dealkylation sites (tertiary alicyclic amines) is 1. The molecule has 1 fully saturated rings. The van der Waals surface area contributed by atoms with Crippen molar-refractivity contribution in [2.24, 2.45) is 0 Å². The molecule has 4 aromatic rings. The van der Waals surface area contributed by atoms with E-state index in [0.717, 1.165) is 76.7 Å². The maximum absolute atomic E-state index is 13.0. The lowest BCUT2D eigenvalue weighted by Gasteiger charge is -2.41. The first-order valence-electron chi connectivity index (χ1n) is 19.8. The van der Waals surface area contributed by atoms with Crippen molar-refractivity contribution in [2.45, 2.75) is 96.6 Å². The molecule has 2 aliphatic rings. The SMILES string of the molecule is CC(C)(C)OC(=O)N1CCC(N2CC=Cc3c2nc2c(-c4ccc(-c5ccccc5)nc4)cnn2c3N(COCC[Si](C)(C)C)COCC[Si](C)(C)C)CC1. The van der Waals surface area contributed by atoms with Gasteiger partial charge in [-0.05, 0) is 57.8 Å². The fourth-order valence-electron chi connectivity index (χ4n) is 6.83. The van der Waals surface area contributed by atoms with Gasteiger partial charge in [-0.3, -0.25) is 4.98 Å². The van der Waals surface area contributed by atoms with Crippen LogP contribution in [0, 0.1) is 0 Å². The van der Waals surface area contributed by atoms with Gasteiger partial charge in [0, 0.05) is 77.9 Å². The Morgan fingerprint density at radius 2 is 1.53 bits per heavy atom. The van der Waals surface area contributed by atoms with Crippen LogP contribution in [-0.4, -0.2) is 105 Å². The number of fused-ring (bicyclic) bond motifs is 2. The molecule has 0 aliphatic carbocycles. The fourth-order valence-corrected chi connectivity index (χ4v) is 8.35. The van der Waals surface area contributed by atoms with Crippen molar-refractivity contribution in [2.75, 3.05) is 56.1 Å². The summed E-state index contributed by atoms with van der Waals surface area (Å²) in [6.45, 7) is 24.1. The standard InChI is InChI=1S/C42H61N7O4Si2/c1-42(2,3)53-41(50)46-22-19-34(20-23-46)48-21-13-16-35-38(48)45-39-36(33-17-18-37(43-28-33)32-14-11-10-12-15-32)29-44-49(39)40(35)47(30-51-24-26-54(4,5)6)31-52-25-27-55(7,8)9/h10-18,28-29,34H,19-27,30-31H2,1-9H3. The Bertz CT molecular complexity index is 1900. The van der Waals surface area contributed by atoms with Crippen LogP contribution in [-0.2, 0) is 14.2 Å². The van der Waals surface area contributed by atoms with Crippen LogP contribution in [0.2, 0.25) is 51.4 Å². The summed E-state index contributed by atoms with van der Waals surface area (Å²) in [5, 5.41) is 5.01. The zero-order valence-electron chi connectivity index (χ0n) is 34.5. The molecule has 0 spiro atoms. The number of aromatic nitrogens is 4. The Kier molecular flexibility index (Phi) is 12.5. The van der Waals surface area contributed by atoms with Crippen LogP contribution in [0.3, 0.4) is 0 Å². The quantitative estimate of drug-likeness (QED) is 0.0705. The third kappa shape index (κ3) is 10.6. The lowest BCUT2D eigenvalue weighted by molar-refractivity contribution is 0.0205.